The van der Waals surface area contributed by atoms with Gasteiger partial charge in [0, 0.05) is 17.4 Å². The number of aryl methyl sites for hydroxylation is 1. The Kier molecular flexibility index (Phi) is 5.46. The third-order valence-electron chi connectivity index (χ3n) is 3.46. The Hall–Kier alpha value is -1.83. The number of carbonyl (C=O) groups is 1. The van der Waals surface area contributed by atoms with Crippen LogP contribution in [0.5, 0.6) is 0 Å². The van der Waals surface area contributed by atoms with Crippen LogP contribution in [0.1, 0.15) is 11.3 Å². The zero-order valence-electron chi connectivity index (χ0n) is 13.2. The van der Waals surface area contributed by atoms with Gasteiger partial charge in [-0.2, -0.15) is 10.2 Å². The molecule has 0 unspecified atom stereocenters. The number of benzene rings is 1. The third kappa shape index (κ3) is 4.42. The molecule has 6 nitrogen and oxygen atoms in total. The van der Waals surface area contributed by atoms with E-state index in [1.54, 1.807) is 21.8 Å². The van der Waals surface area contributed by atoms with E-state index in [-0.39, 0.29) is 12.5 Å². The lowest BCUT2D eigenvalue weighted by Crippen LogP contribution is -2.19. The lowest BCUT2D eigenvalue weighted by molar-refractivity contribution is -0.116. The van der Waals surface area contributed by atoms with Crippen LogP contribution in [0.15, 0.2) is 41.1 Å². The summed E-state index contributed by atoms with van der Waals surface area (Å²) in [5.74, 6) is 0.0431. The van der Waals surface area contributed by atoms with E-state index in [1.807, 2.05) is 31.2 Å². The predicted molar refractivity (Wildman–Crippen MR) is 101 cm³/mol. The molecule has 0 aliphatic heterocycles. The zero-order valence-corrected chi connectivity index (χ0v) is 16.3. The second-order valence-corrected chi connectivity index (χ2v) is 7.09. The minimum absolute atomic E-state index is 0.0696. The van der Waals surface area contributed by atoms with Gasteiger partial charge in [-0.3, -0.25) is 14.2 Å². The molecule has 9 heteroatoms. The third-order valence-corrected chi connectivity index (χ3v) is 4.88. The zero-order chi connectivity index (χ0) is 18.0. The number of nitrogens with zero attached hydrogens (tertiary/aromatic N) is 4. The molecule has 0 spiro atoms. The lowest BCUT2D eigenvalue weighted by Gasteiger charge is -2.04. The van der Waals surface area contributed by atoms with Gasteiger partial charge in [-0.25, -0.2) is 0 Å². The molecule has 0 saturated heterocycles. The van der Waals surface area contributed by atoms with Crippen molar-refractivity contribution in [1.82, 2.24) is 19.6 Å². The van der Waals surface area contributed by atoms with Crippen molar-refractivity contribution in [3.63, 3.8) is 0 Å². The Morgan fingerprint density at radius 1 is 1.16 bits per heavy atom. The fourth-order valence-electron chi connectivity index (χ4n) is 2.26. The summed E-state index contributed by atoms with van der Waals surface area (Å²) in [5, 5.41) is 12.2. The molecule has 0 aliphatic carbocycles. The molecule has 2 aromatic heterocycles. The highest BCUT2D eigenvalue weighted by atomic mass is 79.9. The Morgan fingerprint density at radius 3 is 2.60 bits per heavy atom. The summed E-state index contributed by atoms with van der Waals surface area (Å²) >= 11 is 15.7. The molecular weight excluding hydrogens is 429 g/mol. The molecule has 0 atom stereocenters. The Balaban J connectivity index is 1.68. The maximum atomic E-state index is 12.2. The minimum Gasteiger partial charge on any atom is -0.306 e. The summed E-state index contributed by atoms with van der Waals surface area (Å²) in [7, 11) is 0. The quantitative estimate of drug-likeness (QED) is 0.645. The van der Waals surface area contributed by atoms with Crippen LogP contribution in [0, 0.1) is 6.92 Å². The van der Waals surface area contributed by atoms with Crippen molar-refractivity contribution >= 4 is 50.9 Å². The number of anilines is 1. The van der Waals surface area contributed by atoms with Crippen molar-refractivity contribution in [3.05, 3.63) is 62.4 Å². The summed E-state index contributed by atoms with van der Waals surface area (Å²) in [6.07, 6.45) is 3.39. The van der Waals surface area contributed by atoms with Crippen LogP contribution in [0.2, 0.25) is 10.0 Å². The normalized spacial score (nSPS) is 10.9. The fourth-order valence-corrected chi connectivity index (χ4v) is 2.97. The maximum Gasteiger partial charge on any atom is 0.247 e. The standard InChI is InChI=1S/C16H14BrCl2N5O/c1-10-12(17)7-24(21-10)9-15(25)20-16-14(19)8-23(22-16)6-11-4-2-3-5-13(11)18/h2-5,7-8H,6,9H2,1H3,(H,20,22,25). The highest BCUT2D eigenvalue weighted by Gasteiger charge is 2.13. The average Bonchev–Trinajstić information content (AvgIpc) is 3.04. The summed E-state index contributed by atoms with van der Waals surface area (Å²) < 4.78 is 4.03. The Bertz CT molecular complexity index is 902. The van der Waals surface area contributed by atoms with E-state index in [4.69, 9.17) is 23.2 Å². The van der Waals surface area contributed by atoms with Gasteiger partial charge in [-0.1, -0.05) is 41.4 Å². The number of aromatic nitrogens is 4. The first-order valence-corrected chi connectivity index (χ1v) is 8.93. The van der Waals surface area contributed by atoms with E-state index in [9.17, 15) is 4.79 Å². The van der Waals surface area contributed by atoms with Crippen molar-refractivity contribution in [3.8, 4) is 0 Å². The molecular formula is C16H14BrCl2N5O. The van der Waals surface area contributed by atoms with Gasteiger partial charge < -0.3 is 5.32 Å². The summed E-state index contributed by atoms with van der Waals surface area (Å²) in [6.45, 7) is 2.38. The molecule has 0 fully saturated rings. The van der Waals surface area contributed by atoms with Crippen LogP contribution in [0.3, 0.4) is 0 Å². The largest absolute Gasteiger partial charge is 0.306 e. The molecule has 3 rings (SSSR count). The number of carbonyl (C=O) groups excluding carboxylic acids is 1. The number of hydrogen-bond donors (Lipinski definition) is 1. The van der Waals surface area contributed by atoms with Gasteiger partial charge in [0.1, 0.15) is 11.6 Å². The molecule has 0 bridgehead atoms. The van der Waals surface area contributed by atoms with Crippen molar-refractivity contribution in [1.29, 1.82) is 0 Å². The predicted octanol–water partition coefficient (Wildman–Crippen LogP) is 4.14. The first-order valence-electron chi connectivity index (χ1n) is 7.38. The van der Waals surface area contributed by atoms with E-state index in [2.05, 4.69) is 31.4 Å². The van der Waals surface area contributed by atoms with E-state index >= 15 is 0 Å². The van der Waals surface area contributed by atoms with E-state index in [0.717, 1.165) is 15.7 Å². The Labute approximate surface area is 162 Å². The molecule has 0 aliphatic rings. The van der Waals surface area contributed by atoms with Crippen molar-refractivity contribution in [2.24, 2.45) is 0 Å². The summed E-state index contributed by atoms with van der Waals surface area (Å²) in [6, 6.07) is 7.49. The van der Waals surface area contributed by atoms with Crippen LogP contribution in [0.4, 0.5) is 5.82 Å². The van der Waals surface area contributed by atoms with Crippen LogP contribution >= 0.6 is 39.1 Å². The topological polar surface area (TPSA) is 64.7 Å². The molecule has 3 aromatic rings. The fraction of sp³-hybridized carbons (Fsp3) is 0.188. The molecule has 1 N–H and O–H groups in total. The molecule has 0 radical (unpaired) electrons. The van der Waals surface area contributed by atoms with Crippen LogP contribution in [-0.2, 0) is 17.9 Å². The van der Waals surface area contributed by atoms with Crippen molar-refractivity contribution < 1.29 is 4.79 Å². The molecule has 25 heavy (non-hydrogen) atoms. The maximum absolute atomic E-state index is 12.2. The highest BCUT2D eigenvalue weighted by molar-refractivity contribution is 9.10. The first kappa shape index (κ1) is 18.0. The monoisotopic (exact) mass is 441 g/mol. The second-order valence-electron chi connectivity index (χ2n) is 5.42. The van der Waals surface area contributed by atoms with Crippen LogP contribution in [0.25, 0.3) is 0 Å². The van der Waals surface area contributed by atoms with Crippen LogP contribution < -0.4 is 5.32 Å². The lowest BCUT2D eigenvalue weighted by atomic mass is 10.2. The van der Waals surface area contributed by atoms with Gasteiger partial charge in [0.2, 0.25) is 5.91 Å². The molecule has 130 valence electrons. The second kappa shape index (κ2) is 7.59. The number of amides is 1. The molecule has 2 heterocycles. The van der Waals surface area contributed by atoms with Gasteiger partial charge in [0.05, 0.1) is 16.7 Å². The van der Waals surface area contributed by atoms with Gasteiger partial charge in [0.25, 0.3) is 0 Å². The first-order chi connectivity index (χ1) is 11.9. The average molecular weight is 443 g/mol. The number of rotatable bonds is 5. The molecule has 1 amide bonds. The van der Waals surface area contributed by atoms with Crippen LogP contribution in [-0.4, -0.2) is 25.5 Å². The van der Waals surface area contributed by atoms with E-state index in [0.29, 0.717) is 22.4 Å². The number of halogens is 3. The van der Waals surface area contributed by atoms with Gasteiger partial charge in [-0.15, -0.1) is 0 Å². The number of nitrogens with one attached hydrogen (secondary N) is 1. The van der Waals surface area contributed by atoms with Crippen molar-refractivity contribution in [2.75, 3.05) is 5.32 Å². The van der Waals surface area contributed by atoms with Gasteiger partial charge in [-0.05, 0) is 34.5 Å². The summed E-state index contributed by atoms with van der Waals surface area (Å²) in [4.78, 5) is 12.2. The SMILES string of the molecule is Cc1nn(CC(=O)Nc2nn(Cc3ccccc3Cl)cc2Cl)cc1Br. The van der Waals surface area contributed by atoms with Gasteiger partial charge in [0.15, 0.2) is 5.82 Å². The van der Waals surface area contributed by atoms with E-state index in [1.165, 1.54) is 0 Å². The van der Waals surface area contributed by atoms with E-state index < -0.39 is 0 Å². The highest BCUT2D eigenvalue weighted by Crippen LogP contribution is 2.22. The van der Waals surface area contributed by atoms with Crippen molar-refractivity contribution in [2.45, 2.75) is 20.0 Å². The molecule has 1 aromatic carbocycles. The Morgan fingerprint density at radius 2 is 1.92 bits per heavy atom. The smallest absolute Gasteiger partial charge is 0.247 e. The number of hydrogen-bond acceptors (Lipinski definition) is 3. The summed E-state index contributed by atoms with van der Waals surface area (Å²) in [5.41, 5.74) is 1.73. The molecule has 0 saturated carbocycles. The van der Waals surface area contributed by atoms with Gasteiger partial charge >= 0.3 is 0 Å². The minimum atomic E-state index is -0.264.